The fraction of sp³-hybridized carbons (Fsp3) is 0.240. The molecule has 4 heterocycles. The minimum atomic E-state index is -4.67. The van der Waals surface area contributed by atoms with Crippen molar-refractivity contribution >= 4 is 45.2 Å². The summed E-state index contributed by atoms with van der Waals surface area (Å²) in [5.41, 5.74) is 8.04. The Morgan fingerprint density at radius 1 is 1.26 bits per heavy atom. The number of alkyl halides is 3. The van der Waals surface area contributed by atoms with Crippen molar-refractivity contribution in [2.45, 2.75) is 24.9 Å². The summed E-state index contributed by atoms with van der Waals surface area (Å²) in [5, 5.41) is 11.2. The molecule has 3 radical (unpaired) electrons. The summed E-state index contributed by atoms with van der Waals surface area (Å²) in [4.78, 5) is 33.4. The number of nitrogens with one attached hydrogen (secondary N) is 3. The molecule has 0 saturated heterocycles. The molecule has 2 amide bonds. The number of pyridine rings is 1. The molecule has 2 bridgehead atoms. The number of ether oxygens (including phenoxy) is 2. The van der Waals surface area contributed by atoms with Gasteiger partial charge in [-0.3, -0.25) is 10.1 Å². The van der Waals surface area contributed by atoms with Crippen LogP contribution in [0, 0.1) is 5.82 Å². The molecule has 1 atom stereocenters. The Hall–Kier alpha value is -4.93. The SMILES string of the molecule is C[C@@]1([Si])CNC(=O)c2cnn3c(N)c(-c4ccc(NC(=O)OCC(F)(F)F)cc4)c(nc23)NCc2cc(F)cnc2O1. The van der Waals surface area contributed by atoms with E-state index in [1.54, 1.807) is 6.92 Å². The predicted octanol–water partition coefficient (Wildman–Crippen LogP) is 3.24. The number of hydrogen-bond donors (Lipinski definition) is 4. The van der Waals surface area contributed by atoms with Crippen molar-refractivity contribution in [1.82, 2.24) is 24.9 Å². The van der Waals surface area contributed by atoms with Crippen LogP contribution >= 0.6 is 0 Å². The Labute approximate surface area is 238 Å². The molecule has 0 unspecified atom stereocenters. The summed E-state index contributed by atoms with van der Waals surface area (Å²) in [6.07, 6.45) is -3.65. The van der Waals surface area contributed by atoms with Gasteiger partial charge in [0.05, 0.1) is 34.7 Å². The molecular weight excluding hydrogens is 580 g/mol. The highest BCUT2D eigenvalue weighted by Crippen LogP contribution is 2.35. The van der Waals surface area contributed by atoms with E-state index in [0.29, 0.717) is 16.7 Å². The second kappa shape index (κ2) is 10.8. The molecule has 42 heavy (non-hydrogen) atoms. The highest BCUT2D eigenvalue weighted by molar-refractivity contribution is 6.15. The Morgan fingerprint density at radius 2 is 2.00 bits per heavy atom. The lowest BCUT2D eigenvalue weighted by Crippen LogP contribution is -2.46. The topological polar surface area (TPSA) is 158 Å². The molecule has 17 heteroatoms. The molecule has 5 N–H and O–H groups in total. The number of halogens is 4. The Morgan fingerprint density at radius 3 is 2.71 bits per heavy atom. The maximum Gasteiger partial charge on any atom is 0.422 e. The van der Waals surface area contributed by atoms with Crippen LogP contribution in [-0.4, -0.2) is 66.4 Å². The summed E-state index contributed by atoms with van der Waals surface area (Å²) < 4.78 is 62.5. The van der Waals surface area contributed by atoms with E-state index in [1.165, 1.54) is 41.0 Å². The van der Waals surface area contributed by atoms with Gasteiger partial charge in [-0.15, -0.1) is 0 Å². The number of aromatic nitrogens is 4. The van der Waals surface area contributed by atoms with Crippen LogP contribution in [0.25, 0.3) is 16.8 Å². The highest BCUT2D eigenvalue weighted by Gasteiger charge is 2.30. The van der Waals surface area contributed by atoms with Gasteiger partial charge in [0.25, 0.3) is 5.91 Å². The van der Waals surface area contributed by atoms with Crippen LogP contribution in [0.4, 0.5) is 39.7 Å². The molecule has 12 nitrogen and oxygen atoms in total. The first-order valence-electron chi connectivity index (χ1n) is 12.2. The number of nitrogens with zero attached hydrogens (tertiary/aromatic N) is 4. The zero-order chi connectivity index (χ0) is 30.2. The number of carbonyl (C=O) groups is 2. The van der Waals surface area contributed by atoms with E-state index < -0.39 is 35.8 Å². The predicted molar refractivity (Wildman–Crippen MR) is 143 cm³/mol. The number of rotatable bonds is 3. The zero-order valence-corrected chi connectivity index (χ0v) is 22.7. The normalized spacial score (nSPS) is 17.1. The first kappa shape index (κ1) is 28.6. The van der Waals surface area contributed by atoms with Crippen LogP contribution in [0.15, 0.2) is 42.7 Å². The molecular formula is C25H21F4N8O4Si. The Balaban J connectivity index is 1.54. The molecule has 3 aromatic heterocycles. The average Bonchev–Trinajstić information content (AvgIpc) is 3.35. The third kappa shape index (κ3) is 6.19. The Bertz CT molecular complexity index is 1680. The standard InChI is InChI=1S/C25H21F4N8O4Si/c1-24(42)10-33-21(38)16-9-34-37-18(30)17(12-2-4-15(5-3-12)35-23(39)40-11-25(27,28)29)19(36-20(16)37)31-7-13-6-14(26)8-32-22(13)41-24/h2-6,8-9H,7,10-11,30H2,1H3,(H,31,36)(H,33,38)(H,35,39)/t24-/m1/s1. The average molecular weight is 602 g/mol. The van der Waals surface area contributed by atoms with E-state index in [-0.39, 0.29) is 47.5 Å². The molecule has 0 spiro atoms. The number of nitrogens with two attached hydrogens (primary N) is 1. The largest absolute Gasteiger partial charge is 0.474 e. The van der Waals surface area contributed by atoms with Crippen LogP contribution in [0.1, 0.15) is 22.8 Å². The quantitative estimate of drug-likeness (QED) is 0.204. The van der Waals surface area contributed by atoms with E-state index in [0.717, 1.165) is 6.20 Å². The van der Waals surface area contributed by atoms with Gasteiger partial charge in [-0.2, -0.15) is 22.8 Å². The van der Waals surface area contributed by atoms with Crippen molar-refractivity contribution < 1.29 is 36.6 Å². The van der Waals surface area contributed by atoms with Gasteiger partial charge in [0, 0.05) is 17.8 Å². The van der Waals surface area contributed by atoms with E-state index in [2.05, 4.69) is 46.0 Å². The number of carbonyl (C=O) groups excluding carboxylic acids is 2. The lowest BCUT2D eigenvalue weighted by atomic mass is 10.1. The Kier molecular flexibility index (Phi) is 7.36. The summed E-state index contributed by atoms with van der Waals surface area (Å²) in [5.74, 6) is -0.745. The number of amides is 2. The maximum absolute atomic E-state index is 14.2. The number of benzene rings is 1. The third-order valence-corrected chi connectivity index (χ3v) is 6.24. The second-order valence-electron chi connectivity index (χ2n) is 9.39. The maximum atomic E-state index is 14.2. The number of nitrogen functional groups attached to an aromatic ring is 1. The molecule has 217 valence electrons. The first-order valence-corrected chi connectivity index (χ1v) is 12.7. The molecule has 0 aliphatic carbocycles. The first-order chi connectivity index (χ1) is 19.8. The second-order valence-corrected chi connectivity index (χ2v) is 10.5. The number of anilines is 3. The van der Waals surface area contributed by atoms with Gasteiger partial charge in [0.2, 0.25) is 5.88 Å². The summed E-state index contributed by atoms with van der Waals surface area (Å²) in [7, 11) is 3.48. The van der Waals surface area contributed by atoms with Crippen LogP contribution in [0.2, 0.25) is 0 Å². The fourth-order valence-electron chi connectivity index (χ4n) is 4.07. The van der Waals surface area contributed by atoms with Crippen LogP contribution in [-0.2, 0) is 11.3 Å². The van der Waals surface area contributed by atoms with Gasteiger partial charge in [0.15, 0.2) is 12.3 Å². The van der Waals surface area contributed by atoms with Crippen molar-refractivity contribution in [1.29, 1.82) is 0 Å². The molecule has 1 aromatic carbocycles. The summed E-state index contributed by atoms with van der Waals surface area (Å²) in [6.45, 7) is -0.104. The van der Waals surface area contributed by atoms with E-state index in [4.69, 9.17) is 10.5 Å². The molecule has 0 saturated carbocycles. The van der Waals surface area contributed by atoms with Crippen LogP contribution in [0.3, 0.4) is 0 Å². The highest BCUT2D eigenvalue weighted by atomic mass is 28.1. The lowest BCUT2D eigenvalue weighted by Gasteiger charge is -2.27. The zero-order valence-electron chi connectivity index (χ0n) is 21.7. The molecule has 5 rings (SSSR count). The van der Waals surface area contributed by atoms with Crippen molar-refractivity contribution in [2.24, 2.45) is 0 Å². The summed E-state index contributed by atoms with van der Waals surface area (Å²) >= 11 is 0. The summed E-state index contributed by atoms with van der Waals surface area (Å²) in [6, 6.07) is 7.13. The van der Waals surface area contributed by atoms with Crippen molar-refractivity contribution in [3.8, 4) is 17.0 Å². The minimum Gasteiger partial charge on any atom is -0.474 e. The van der Waals surface area contributed by atoms with Gasteiger partial charge in [-0.25, -0.2) is 19.2 Å². The lowest BCUT2D eigenvalue weighted by molar-refractivity contribution is -0.159. The van der Waals surface area contributed by atoms with Crippen molar-refractivity contribution in [3.05, 3.63) is 59.7 Å². The fourth-order valence-corrected chi connectivity index (χ4v) is 4.25. The van der Waals surface area contributed by atoms with Crippen molar-refractivity contribution in [2.75, 3.05) is 29.5 Å². The van der Waals surface area contributed by atoms with Crippen molar-refractivity contribution in [3.63, 3.8) is 0 Å². The number of hydrogen-bond acceptors (Lipinski definition) is 9. The number of fused-ring (bicyclic) bond motifs is 2. The smallest absolute Gasteiger partial charge is 0.422 e. The van der Waals surface area contributed by atoms with E-state index >= 15 is 0 Å². The van der Waals surface area contributed by atoms with Crippen LogP contribution in [0.5, 0.6) is 5.88 Å². The minimum absolute atomic E-state index is 0.00343. The van der Waals surface area contributed by atoms with Gasteiger partial charge in [-0.05, 0) is 30.7 Å². The van der Waals surface area contributed by atoms with Gasteiger partial charge < -0.3 is 25.8 Å². The van der Waals surface area contributed by atoms with Gasteiger partial charge >= 0.3 is 12.3 Å². The monoisotopic (exact) mass is 601 g/mol. The molecule has 1 aliphatic heterocycles. The molecule has 1 aliphatic rings. The van der Waals surface area contributed by atoms with Gasteiger partial charge in [0.1, 0.15) is 28.2 Å². The van der Waals surface area contributed by atoms with Gasteiger partial charge in [-0.1, -0.05) is 12.1 Å². The van der Waals surface area contributed by atoms with E-state index in [9.17, 15) is 27.2 Å². The third-order valence-electron chi connectivity index (χ3n) is 5.96. The molecule has 0 fully saturated rings. The molecule has 4 aromatic rings. The van der Waals surface area contributed by atoms with E-state index in [1.807, 2.05) is 0 Å². The van der Waals surface area contributed by atoms with Crippen LogP contribution < -0.4 is 26.4 Å².